The molecule has 12 heteroatoms. The Labute approximate surface area is 244 Å². The molecule has 1 spiro atoms. The van der Waals surface area contributed by atoms with Gasteiger partial charge in [-0.2, -0.15) is 0 Å². The Balaban J connectivity index is 1.35. The average molecular weight is 604 g/mol. The molecule has 2 atom stereocenters. The van der Waals surface area contributed by atoms with Gasteiger partial charge < -0.3 is 25.3 Å². The van der Waals surface area contributed by atoms with Gasteiger partial charge in [-0.05, 0) is 67.3 Å². The van der Waals surface area contributed by atoms with Gasteiger partial charge in [-0.15, -0.1) is 0 Å². The highest BCUT2D eigenvalue weighted by Gasteiger charge is 2.49. The number of sulfone groups is 1. The van der Waals surface area contributed by atoms with Crippen LogP contribution in [0.15, 0.2) is 47.0 Å². The van der Waals surface area contributed by atoms with Crippen molar-refractivity contribution in [3.63, 3.8) is 0 Å². The highest BCUT2D eigenvalue weighted by Crippen LogP contribution is 2.43. The van der Waals surface area contributed by atoms with Crippen molar-refractivity contribution >= 4 is 38.9 Å². The van der Waals surface area contributed by atoms with E-state index < -0.39 is 21.4 Å². The summed E-state index contributed by atoms with van der Waals surface area (Å²) in [6, 6.07) is 10.0. The number of nitrogens with one attached hydrogen (secondary N) is 1. The molecule has 3 N–H and O–H groups in total. The smallest absolute Gasteiger partial charge is 0.341 e. The van der Waals surface area contributed by atoms with E-state index in [9.17, 15) is 18.0 Å². The van der Waals surface area contributed by atoms with E-state index in [1.807, 2.05) is 17.9 Å². The molecular formula is C29H34ClN3O7S. The van der Waals surface area contributed by atoms with Gasteiger partial charge in [0.2, 0.25) is 5.91 Å². The number of likely N-dealkylation sites (tertiary alicyclic amines) is 1. The molecule has 3 heterocycles. The van der Waals surface area contributed by atoms with E-state index in [2.05, 4.69) is 5.32 Å². The van der Waals surface area contributed by atoms with Crippen LogP contribution in [0, 0.1) is 6.92 Å². The Hall–Kier alpha value is -2.96. The molecule has 2 aromatic carbocycles. The van der Waals surface area contributed by atoms with Crippen molar-refractivity contribution < 1.29 is 32.2 Å². The maximum absolute atomic E-state index is 13.2. The Bertz CT molecular complexity index is 1500. The van der Waals surface area contributed by atoms with E-state index in [4.69, 9.17) is 31.5 Å². The minimum absolute atomic E-state index is 0.140. The lowest BCUT2D eigenvalue weighted by Crippen LogP contribution is -2.53. The summed E-state index contributed by atoms with van der Waals surface area (Å²) in [5.74, 6) is -0.685. The molecule has 10 nitrogen and oxygen atoms in total. The summed E-state index contributed by atoms with van der Waals surface area (Å²) in [4.78, 5) is 28.0. The first kappa shape index (κ1) is 29.5. The van der Waals surface area contributed by atoms with Gasteiger partial charge in [0.05, 0.1) is 48.6 Å². The molecule has 2 aromatic rings. The van der Waals surface area contributed by atoms with Crippen LogP contribution >= 0.6 is 11.6 Å². The number of nitrogens with two attached hydrogens (primary N) is 1. The van der Waals surface area contributed by atoms with E-state index in [0.717, 1.165) is 11.8 Å². The topological polar surface area (TPSA) is 137 Å². The van der Waals surface area contributed by atoms with Crippen molar-refractivity contribution in [2.45, 2.75) is 36.4 Å². The van der Waals surface area contributed by atoms with Crippen molar-refractivity contribution in [1.82, 2.24) is 10.2 Å². The first-order valence-electron chi connectivity index (χ1n) is 13.5. The predicted molar refractivity (Wildman–Crippen MR) is 154 cm³/mol. The average Bonchev–Trinajstić information content (AvgIpc) is 3.16. The number of nitrogens with zero attached hydrogens (tertiary/aromatic N) is 1. The van der Waals surface area contributed by atoms with Gasteiger partial charge in [-0.25, -0.2) is 13.2 Å². The van der Waals surface area contributed by atoms with Crippen LogP contribution in [0.25, 0.3) is 16.7 Å². The van der Waals surface area contributed by atoms with Crippen LogP contribution in [0.2, 0.25) is 5.02 Å². The molecule has 0 aromatic heterocycles. The number of carbonyl (C=O) groups excluding carboxylic acids is 2. The second kappa shape index (κ2) is 11.7. The predicted octanol–water partition coefficient (Wildman–Crippen LogP) is 2.31. The third-order valence-corrected chi connectivity index (χ3v) is 9.14. The minimum atomic E-state index is -3.40. The zero-order valence-electron chi connectivity index (χ0n) is 23.1. The SMILES string of the molecule is Cc1cc(-c2cccc(S(C)(=O)=O)c2)c(Cl)cc1C1=C(N)C2(CCCN(CC(=O)NCC3COCCO3)C2)OC1=O. The zero-order valence-corrected chi connectivity index (χ0v) is 24.6. The summed E-state index contributed by atoms with van der Waals surface area (Å²) in [5, 5.41) is 3.24. The Morgan fingerprint density at radius 1 is 1.22 bits per heavy atom. The summed E-state index contributed by atoms with van der Waals surface area (Å²) in [6.07, 6.45) is 2.23. The Morgan fingerprint density at radius 2 is 2.02 bits per heavy atom. The molecule has 5 rings (SSSR count). The summed E-state index contributed by atoms with van der Waals surface area (Å²) >= 11 is 6.69. The highest BCUT2D eigenvalue weighted by atomic mass is 35.5. The lowest BCUT2D eigenvalue weighted by molar-refractivity contribution is -0.149. The van der Waals surface area contributed by atoms with Crippen molar-refractivity contribution in [3.05, 3.63) is 58.2 Å². The fraction of sp³-hybridized carbons (Fsp3) is 0.448. The van der Waals surface area contributed by atoms with Crippen LogP contribution in [0.3, 0.4) is 0 Å². The highest BCUT2D eigenvalue weighted by molar-refractivity contribution is 7.90. The molecule has 2 fully saturated rings. The molecule has 0 bridgehead atoms. The monoisotopic (exact) mass is 603 g/mol. The number of halogens is 1. The van der Waals surface area contributed by atoms with E-state index in [0.29, 0.717) is 79.7 Å². The normalized spacial score (nSPS) is 23.6. The van der Waals surface area contributed by atoms with Crippen molar-refractivity contribution in [1.29, 1.82) is 0 Å². The molecule has 3 aliphatic rings. The van der Waals surface area contributed by atoms with E-state index in [1.165, 1.54) is 6.07 Å². The van der Waals surface area contributed by atoms with E-state index in [1.54, 1.807) is 24.3 Å². The lowest BCUT2D eigenvalue weighted by Gasteiger charge is -2.39. The molecule has 0 saturated carbocycles. The van der Waals surface area contributed by atoms with Gasteiger partial charge in [0, 0.05) is 29.9 Å². The molecule has 0 aliphatic carbocycles. The maximum atomic E-state index is 13.2. The van der Waals surface area contributed by atoms with Crippen LogP contribution < -0.4 is 11.1 Å². The Morgan fingerprint density at radius 3 is 2.76 bits per heavy atom. The standard InChI is InChI=1S/C29H34ClN3O7S/c1-18-11-23(19-5-3-6-21(12-19)41(2,36)37)24(30)13-22(18)26-27(31)29(40-28(26)35)7-4-8-33(17-29)15-25(34)32-14-20-16-38-9-10-39-20/h3,5-6,11-13,20H,4,7-10,14-17,31H2,1-2H3,(H,32,34). The van der Waals surface area contributed by atoms with Crippen LogP contribution in [0.1, 0.15) is 24.0 Å². The van der Waals surface area contributed by atoms with Gasteiger partial charge in [-0.3, -0.25) is 9.69 Å². The first-order chi connectivity index (χ1) is 19.5. The largest absolute Gasteiger partial charge is 0.448 e. The first-order valence-corrected chi connectivity index (χ1v) is 15.8. The van der Waals surface area contributed by atoms with Gasteiger partial charge in [0.15, 0.2) is 15.4 Å². The number of carbonyl (C=O) groups is 2. The molecule has 2 unspecified atom stereocenters. The van der Waals surface area contributed by atoms with Gasteiger partial charge in [0.25, 0.3) is 0 Å². The molecular weight excluding hydrogens is 570 g/mol. The van der Waals surface area contributed by atoms with Crippen LogP contribution in [0.4, 0.5) is 0 Å². The second-order valence-electron chi connectivity index (χ2n) is 10.8. The number of piperidine rings is 1. The van der Waals surface area contributed by atoms with Gasteiger partial charge >= 0.3 is 5.97 Å². The summed E-state index contributed by atoms with van der Waals surface area (Å²) in [6.45, 7) is 4.84. The third kappa shape index (κ3) is 6.29. The van der Waals surface area contributed by atoms with Gasteiger partial charge in [0.1, 0.15) is 0 Å². The van der Waals surface area contributed by atoms with E-state index in [-0.39, 0.29) is 29.0 Å². The summed E-state index contributed by atoms with van der Waals surface area (Å²) in [7, 11) is -3.40. The van der Waals surface area contributed by atoms with Crippen LogP contribution in [-0.4, -0.2) is 89.2 Å². The van der Waals surface area contributed by atoms with Crippen LogP contribution in [-0.2, 0) is 33.6 Å². The number of benzene rings is 2. The number of esters is 1. The van der Waals surface area contributed by atoms with Crippen molar-refractivity contribution in [2.24, 2.45) is 5.73 Å². The molecule has 41 heavy (non-hydrogen) atoms. The molecule has 3 aliphatic heterocycles. The molecule has 2 saturated heterocycles. The molecule has 1 amide bonds. The number of amides is 1. The fourth-order valence-electron chi connectivity index (χ4n) is 5.63. The number of aryl methyl sites for hydroxylation is 1. The number of ether oxygens (including phenoxy) is 3. The lowest BCUT2D eigenvalue weighted by atomic mass is 9.86. The third-order valence-electron chi connectivity index (χ3n) is 7.72. The summed E-state index contributed by atoms with van der Waals surface area (Å²) in [5.41, 5.74) is 8.79. The van der Waals surface area contributed by atoms with E-state index >= 15 is 0 Å². The second-order valence-corrected chi connectivity index (χ2v) is 13.2. The minimum Gasteiger partial charge on any atom is -0.448 e. The molecule has 220 valence electrons. The fourth-order valence-corrected chi connectivity index (χ4v) is 6.57. The number of hydrogen-bond acceptors (Lipinski definition) is 9. The van der Waals surface area contributed by atoms with Gasteiger partial charge in [-0.1, -0.05) is 23.7 Å². The Kier molecular flexibility index (Phi) is 8.45. The zero-order chi connectivity index (χ0) is 29.4. The quantitative estimate of drug-likeness (QED) is 0.457. The maximum Gasteiger partial charge on any atom is 0.341 e. The van der Waals surface area contributed by atoms with Crippen molar-refractivity contribution in [2.75, 3.05) is 52.3 Å². The summed E-state index contributed by atoms with van der Waals surface area (Å²) < 4.78 is 41.0. The van der Waals surface area contributed by atoms with Crippen molar-refractivity contribution in [3.8, 4) is 11.1 Å². The number of hydrogen-bond donors (Lipinski definition) is 2. The number of rotatable bonds is 7. The molecule has 0 radical (unpaired) electrons. The van der Waals surface area contributed by atoms with Crippen LogP contribution in [0.5, 0.6) is 0 Å².